The standard InChI is InChI=1S/C23H34N2/c1-14-18-9-16(22(18,3)4)11-20(14)24-7-8-25(13-24)21-12-17-10-19(15(21)2)23(17,5)6/h11-12,14-19H,7-10H2,1-6H3. The highest BCUT2D eigenvalue weighted by atomic mass is 15.4. The predicted octanol–water partition coefficient (Wildman–Crippen LogP) is 4.99. The fraction of sp³-hybridized carbons (Fsp3) is 0.783. The molecule has 0 aromatic heterocycles. The Balaban J connectivity index is 1.33. The van der Waals surface area contributed by atoms with E-state index in [4.69, 9.17) is 0 Å². The van der Waals surface area contributed by atoms with Crippen LogP contribution in [-0.4, -0.2) is 22.9 Å². The quantitative estimate of drug-likeness (QED) is 0.700. The number of nitrogens with zero attached hydrogens (tertiary/aromatic N) is 2. The maximum Gasteiger partial charge on any atom is 0.208 e. The second kappa shape index (κ2) is 4.87. The number of rotatable bonds is 2. The van der Waals surface area contributed by atoms with Gasteiger partial charge in [-0.15, -0.1) is 0 Å². The van der Waals surface area contributed by atoms with Gasteiger partial charge in [-0.05, 0) is 59.2 Å². The maximum atomic E-state index is 3.76. The molecule has 0 amide bonds. The van der Waals surface area contributed by atoms with Crippen molar-refractivity contribution in [3.05, 3.63) is 30.2 Å². The van der Waals surface area contributed by atoms with Gasteiger partial charge in [0.05, 0.1) is 0 Å². The maximum absolute atomic E-state index is 3.76. The number of hydrogen-bond acceptors (Lipinski definition) is 2. The second-order valence-corrected chi connectivity index (χ2v) is 10.7. The molecule has 2 radical (unpaired) electrons. The van der Waals surface area contributed by atoms with E-state index in [2.05, 4.69) is 70.2 Å². The van der Waals surface area contributed by atoms with Crippen molar-refractivity contribution in [2.45, 2.75) is 54.4 Å². The van der Waals surface area contributed by atoms with Gasteiger partial charge in [0.2, 0.25) is 6.67 Å². The van der Waals surface area contributed by atoms with E-state index >= 15 is 0 Å². The first-order valence-electron chi connectivity index (χ1n) is 10.5. The molecule has 6 aliphatic carbocycles. The minimum atomic E-state index is 0.510. The van der Waals surface area contributed by atoms with Gasteiger partial charge >= 0.3 is 0 Å². The molecule has 1 heterocycles. The number of allylic oxidation sites excluding steroid dienone is 4. The molecule has 6 atom stereocenters. The molecule has 25 heavy (non-hydrogen) atoms. The van der Waals surface area contributed by atoms with Gasteiger partial charge in [0.15, 0.2) is 0 Å². The molecule has 2 saturated carbocycles. The van der Waals surface area contributed by atoms with Crippen LogP contribution in [0.4, 0.5) is 0 Å². The molecule has 2 nitrogen and oxygen atoms in total. The third kappa shape index (κ3) is 1.97. The summed E-state index contributed by atoms with van der Waals surface area (Å²) in [5.74, 6) is 4.63. The minimum Gasteiger partial charge on any atom is -0.343 e. The van der Waals surface area contributed by atoms with Crippen molar-refractivity contribution in [3.63, 3.8) is 0 Å². The minimum absolute atomic E-state index is 0.510. The van der Waals surface area contributed by atoms with Crippen molar-refractivity contribution in [3.8, 4) is 0 Å². The van der Waals surface area contributed by atoms with E-state index < -0.39 is 0 Å². The monoisotopic (exact) mass is 338 g/mol. The van der Waals surface area contributed by atoms with Crippen LogP contribution in [0.25, 0.3) is 0 Å². The van der Waals surface area contributed by atoms with Crippen LogP contribution in [-0.2, 0) is 0 Å². The molecule has 0 aromatic rings. The van der Waals surface area contributed by atoms with Crippen LogP contribution >= 0.6 is 0 Å². The van der Waals surface area contributed by atoms with Gasteiger partial charge in [-0.3, -0.25) is 0 Å². The SMILES string of the molecule is CC1C(N2[C]N(C3=CC4CC(C3C)C4(C)C)CC2)=CC2CC1C2(C)C. The molecule has 7 aliphatic rings. The molecular weight excluding hydrogens is 304 g/mol. The van der Waals surface area contributed by atoms with E-state index in [1.807, 2.05) is 0 Å². The summed E-state index contributed by atoms with van der Waals surface area (Å²) >= 11 is 0. The van der Waals surface area contributed by atoms with Crippen LogP contribution in [0.5, 0.6) is 0 Å². The molecule has 2 heteroatoms. The van der Waals surface area contributed by atoms with Crippen molar-refractivity contribution in [1.82, 2.24) is 9.80 Å². The van der Waals surface area contributed by atoms with E-state index in [9.17, 15) is 0 Å². The molecule has 1 saturated heterocycles. The summed E-state index contributed by atoms with van der Waals surface area (Å²) in [6.45, 7) is 20.7. The fourth-order valence-electron chi connectivity index (χ4n) is 6.87. The molecule has 0 aromatic carbocycles. The number of fused-ring (bicyclic) bond motifs is 2. The molecule has 0 spiro atoms. The van der Waals surface area contributed by atoms with Crippen LogP contribution in [0.15, 0.2) is 23.5 Å². The lowest BCUT2D eigenvalue weighted by molar-refractivity contribution is -0.0423. The highest BCUT2D eigenvalue weighted by Gasteiger charge is 2.56. The summed E-state index contributed by atoms with van der Waals surface area (Å²) < 4.78 is 0. The van der Waals surface area contributed by atoms with Gasteiger partial charge in [-0.2, -0.15) is 0 Å². The summed E-state index contributed by atoms with van der Waals surface area (Å²) in [5.41, 5.74) is 4.13. The van der Waals surface area contributed by atoms with Crippen molar-refractivity contribution < 1.29 is 0 Å². The smallest absolute Gasteiger partial charge is 0.208 e. The van der Waals surface area contributed by atoms with Gasteiger partial charge < -0.3 is 9.80 Å². The molecule has 136 valence electrons. The molecule has 6 unspecified atom stereocenters. The second-order valence-electron chi connectivity index (χ2n) is 10.7. The molecule has 4 bridgehead atoms. The van der Waals surface area contributed by atoms with E-state index in [-0.39, 0.29) is 0 Å². The van der Waals surface area contributed by atoms with Gasteiger partial charge in [-0.1, -0.05) is 53.7 Å². The third-order valence-corrected chi connectivity index (χ3v) is 9.13. The van der Waals surface area contributed by atoms with E-state index in [0.29, 0.717) is 22.7 Å². The zero-order valence-corrected chi connectivity index (χ0v) is 16.8. The van der Waals surface area contributed by atoms with E-state index in [1.165, 1.54) is 12.8 Å². The zero-order valence-electron chi connectivity index (χ0n) is 16.8. The van der Waals surface area contributed by atoms with Crippen LogP contribution in [0.1, 0.15) is 54.4 Å². The average molecular weight is 339 g/mol. The topological polar surface area (TPSA) is 6.48 Å². The van der Waals surface area contributed by atoms with Crippen molar-refractivity contribution in [1.29, 1.82) is 0 Å². The Morgan fingerprint density at radius 2 is 1.20 bits per heavy atom. The Morgan fingerprint density at radius 1 is 0.800 bits per heavy atom. The summed E-state index contributed by atoms with van der Waals surface area (Å²) in [7, 11) is 0. The zero-order chi connectivity index (χ0) is 17.7. The van der Waals surface area contributed by atoms with Crippen molar-refractivity contribution >= 4 is 0 Å². The first-order chi connectivity index (χ1) is 11.7. The highest BCUT2D eigenvalue weighted by Crippen LogP contribution is 2.62. The average Bonchev–Trinajstić information content (AvgIpc) is 3.03. The van der Waals surface area contributed by atoms with Crippen LogP contribution in [0.2, 0.25) is 0 Å². The lowest BCUT2D eigenvalue weighted by atomic mass is 9.47. The first-order valence-corrected chi connectivity index (χ1v) is 10.5. The Hall–Kier alpha value is -0.920. The van der Waals surface area contributed by atoms with E-state index in [1.54, 1.807) is 11.4 Å². The molecule has 3 fully saturated rings. The van der Waals surface area contributed by atoms with Gasteiger partial charge in [0.25, 0.3) is 0 Å². The Bertz CT molecular complexity index is 599. The normalized spacial score (nSPS) is 46.2. The molecule has 1 aliphatic heterocycles. The Kier molecular flexibility index (Phi) is 3.17. The van der Waals surface area contributed by atoms with E-state index in [0.717, 1.165) is 36.8 Å². The van der Waals surface area contributed by atoms with Crippen LogP contribution < -0.4 is 0 Å². The Labute approximate surface area is 154 Å². The summed E-state index contributed by atoms with van der Waals surface area (Å²) in [6.07, 6.45) is 7.96. The predicted molar refractivity (Wildman–Crippen MR) is 102 cm³/mol. The first kappa shape index (κ1) is 16.3. The molecule has 7 rings (SSSR count). The summed E-state index contributed by atoms with van der Waals surface area (Å²) in [4.78, 5) is 4.91. The molecular formula is C23H34N2. The van der Waals surface area contributed by atoms with Crippen molar-refractivity contribution in [2.75, 3.05) is 13.1 Å². The van der Waals surface area contributed by atoms with Gasteiger partial charge in [0, 0.05) is 24.5 Å². The van der Waals surface area contributed by atoms with Crippen molar-refractivity contribution in [2.24, 2.45) is 46.3 Å². The van der Waals surface area contributed by atoms with Gasteiger partial charge in [0.1, 0.15) is 0 Å². The van der Waals surface area contributed by atoms with Crippen LogP contribution in [0, 0.1) is 53.0 Å². The lowest BCUT2D eigenvalue weighted by Gasteiger charge is -2.59. The largest absolute Gasteiger partial charge is 0.343 e. The fourth-order valence-corrected chi connectivity index (χ4v) is 6.87. The molecule has 0 N–H and O–H groups in total. The number of hydrogen-bond donors (Lipinski definition) is 0. The third-order valence-electron chi connectivity index (χ3n) is 9.13. The lowest BCUT2D eigenvalue weighted by Crippen LogP contribution is -2.53. The summed E-state index contributed by atoms with van der Waals surface area (Å²) in [5, 5.41) is 0. The highest BCUT2D eigenvalue weighted by molar-refractivity contribution is 5.28. The van der Waals surface area contributed by atoms with Gasteiger partial charge in [-0.25, -0.2) is 0 Å². The summed E-state index contributed by atoms with van der Waals surface area (Å²) in [6, 6.07) is 0. The Morgan fingerprint density at radius 3 is 1.52 bits per heavy atom. The van der Waals surface area contributed by atoms with Crippen LogP contribution in [0.3, 0.4) is 0 Å².